The summed E-state index contributed by atoms with van der Waals surface area (Å²) in [4.78, 5) is 0. The Kier molecular flexibility index (Phi) is 3.25. The van der Waals surface area contributed by atoms with Crippen molar-refractivity contribution in [2.75, 3.05) is 0 Å². The average molecular weight is 247 g/mol. The van der Waals surface area contributed by atoms with E-state index in [0.29, 0.717) is 0 Å². The van der Waals surface area contributed by atoms with Crippen LogP contribution >= 0.6 is 0 Å². The van der Waals surface area contributed by atoms with Gasteiger partial charge in [0.1, 0.15) is 0 Å². The molecular weight excluding hydrogens is 228 g/mol. The lowest BCUT2D eigenvalue weighted by Gasteiger charge is -2.08. The molecule has 1 aliphatic carbocycles. The van der Waals surface area contributed by atoms with Gasteiger partial charge in [0.15, 0.2) is 0 Å². The summed E-state index contributed by atoms with van der Waals surface area (Å²) in [5, 5.41) is 0. The number of hydrogen-bond acceptors (Lipinski definition) is 0. The van der Waals surface area contributed by atoms with Crippen LogP contribution in [0.5, 0.6) is 0 Å². The third kappa shape index (κ3) is 2.23. The van der Waals surface area contributed by atoms with Crippen molar-refractivity contribution in [2.24, 2.45) is 0 Å². The van der Waals surface area contributed by atoms with Gasteiger partial charge in [0.25, 0.3) is 0 Å². The number of hydrogen-bond donors (Lipinski definition) is 0. The van der Waals surface area contributed by atoms with Crippen molar-refractivity contribution in [1.82, 2.24) is 0 Å². The topological polar surface area (TPSA) is 0 Å². The van der Waals surface area contributed by atoms with Crippen molar-refractivity contribution in [3.8, 4) is 0 Å². The Labute approximate surface area is 115 Å². The monoisotopic (exact) mass is 247 g/mol. The molecule has 0 atom stereocenters. The number of rotatable bonds is 3. The standard InChI is InChI=1S/C19H19/c1-3-6-18-17-8-5-4-7-16(17)13-19(18)15-11-9-14(2)10-12-15/h4-5,7-13H,3,6H2,1-2H3. The molecule has 0 N–H and O–H groups in total. The fourth-order valence-electron chi connectivity index (χ4n) is 2.80. The Balaban J connectivity index is 2.09. The summed E-state index contributed by atoms with van der Waals surface area (Å²) in [6, 6.07) is 17.6. The second-order valence-electron chi connectivity index (χ2n) is 5.24. The highest BCUT2D eigenvalue weighted by molar-refractivity contribution is 6.02. The summed E-state index contributed by atoms with van der Waals surface area (Å²) in [5.41, 5.74) is 8.34. The van der Waals surface area contributed by atoms with Gasteiger partial charge in [-0.2, -0.15) is 0 Å². The van der Waals surface area contributed by atoms with Crippen LogP contribution in [-0.2, 0) is 0 Å². The van der Waals surface area contributed by atoms with E-state index in [0.717, 1.165) is 6.42 Å². The van der Waals surface area contributed by atoms with E-state index in [1.54, 1.807) is 0 Å². The minimum Gasteiger partial charge on any atom is -0.0651 e. The van der Waals surface area contributed by atoms with Crippen LogP contribution in [0.25, 0.3) is 11.1 Å². The van der Waals surface area contributed by atoms with Crippen molar-refractivity contribution in [3.63, 3.8) is 0 Å². The first-order chi connectivity index (χ1) is 9.29. The summed E-state index contributed by atoms with van der Waals surface area (Å²) >= 11 is 0. The normalized spacial score (nSPS) is 13.8. The van der Waals surface area contributed by atoms with E-state index in [9.17, 15) is 0 Å². The third-order valence-corrected chi connectivity index (χ3v) is 3.77. The lowest BCUT2D eigenvalue weighted by molar-refractivity contribution is 0.976. The number of fused-ring (bicyclic) bond motifs is 1. The maximum atomic E-state index is 2.34. The maximum absolute atomic E-state index is 2.34. The Morgan fingerprint density at radius 2 is 1.63 bits per heavy atom. The predicted molar refractivity (Wildman–Crippen MR) is 82.7 cm³/mol. The average Bonchev–Trinajstić information content (AvgIpc) is 2.79. The van der Waals surface area contributed by atoms with E-state index in [2.05, 4.69) is 68.8 Å². The van der Waals surface area contributed by atoms with E-state index >= 15 is 0 Å². The largest absolute Gasteiger partial charge is 0.0651 e. The van der Waals surface area contributed by atoms with Gasteiger partial charge in [-0.1, -0.05) is 67.4 Å². The Bertz CT molecular complexity index is 615. The minimum atomic E-state index is 1.15. The molecule has 0 aromatic heterocycles. The summed E-state index contributed by atoms with van der Waals surface area (Å²) < 4.78 is 0. The van der Waals surface area contributed by atoms with Crippen molar-refractivity contribution in [3.05, 3.63) is 77.2 Å². The molecule has 1 radical (unpaired) electrons. The van der Waals surface area contributed by atoms with Gasteiger partial charge in [-0.25, -0.2) is 0 Å². The molecule has 0 bridgehead atoms. The van der Waals surface area contributed by atoms with Crippen LogP contribution in [0.15, 0.2) is 48.5 Å². The van der Waals surface area contributed by atoms with E-state index in [1.807, 2.05) is 0 Å². The highest BCUT2D eigenvalue weighted by atomic mass is 14.2. The van der Waals surface area contributed by atoms with Crippen LogP contribution in [0.1, 0.15) is 42.0 Å². The quantitative estimate of drug-likeness (QED) is 0.693. The van der Waals surface area contributed by atoms with Gasteiger partial charge in [0.05, 0.1) is 0 Å². The molecule has 0 unspecified atom stereocenters. The first-order valence-corrected chi connectivity index (χ1v) is 7.04. The number of aryl methyl sites for hydroxylation is 1. The van der Waals surface area contributed by atoms with Crippen molar-refractivity contribution >= 4 is 11.1 Å². The molecule has 1 aliphatic rings. The van der Waals surface area contributed by atoms with Gasteiger partial charge < -0.3 is 0 Å². The molecular formula is C19H19. The third-order valence-electron chi connectivity index (χ3n) is 3.77. The molecule has 0 heterocycles. The Morgan fingerprint density at radius 3 is 2.37 bits per heavy atom. The van der Waals surface area contributed by atoms with Gasteiger partial charge in [0, 0.05) is 6.42 Å². The second kappa shape index (κ2) is 5.05. The first-order valence-electron chi connectivity index (χ1n) is 7.04. The molecule has 0 saturated heterocycles. The molecule has 0 nitrogen and oxygen atoms in total. The summed E-state index contributed by atoms with van der Waals surface area (Å²) in [5.74, 6) is 0. The molecule has 19 heavy (non-hydrogen) atoms. The Morgan fingerprint density at radius 1 is 0.895 bits per heavy atom. The lowest BCUT2D eigenvalue weighted by Crippen LogP contribution is -1.86. The van der Waals surface area contributed by atoms with Crippen LogP contribution in [0, 0.1) is 13.3 Å². The van der Waals surface area contributed by atoms with Crippen molar-refractivity contribution in [1.29, 1.82) is 0 Å². The molecule has 0 saturated carbocycles. The molecule has 3 rings (SSSR count). The van der Waals surface area contributed by atoms with Gasteiger partial charge in [-0.05, 0) is 41.2 Å². The summed E-state index contributed by atoms with van der Waals surface area (Å²) in [6.45, 7) is 4.39. The van der Waals surface area contributed by atoms with Gasteiger partial charge in [-0.3, -0.25) is 0 Å². The van der Waals surface area contributed by atoms with E-state index in [4.69, 9.17) is 0 Å². The fourth-order valence-corrected chi connectivity index (χ4v) is 2.80. The molecule has 0 spiro atoms. The van der Waals surface area contributed by atoms with Crippen LogP contribution in [0.2, 0.25) is 0 Å². The highest BCUT2D eigenvalue weighted by Gasteiger charge is 2.21. The second-order valence-corrected chi connectivity index (χ2v) is 5.24. The summed E-state index contributed by atoms with van der Waals surface area (Å²) in [6.07, 6.45) is 4.68. The van der Waals surface area contributed by atoms with E-state index in [-0.39, 0.29) is 0 Å². The zero-order valence-electron chi connectivity index (χ0n) is 11.6. The van der Waals surface area contributed by atoms with Gasteiger partial charge in [-0.15, -0.1) is 0 Å². The van der Waals surface area contributed by atoms with Crippen LogP contribution < -0.4 is 0 Å². The summed E-state index contributed by atoms with van der Waals surface area (Å²) in [7, 11) is 0. The zero-order valence-corrected chi connectivity index (χ0v) is 11.6. The van der Waals surface area contributed by atoms with Crippen molar-refractivity contribution in [2.45, 2.75) is 26.7 Å². The smallest absolute Gasteiger partial charge is 0.0214 e. The number of allylic oxidation sites excluding steroid dienone is 2. The maximum Gasteiger partial charge on any atom is 0.0214 e. The van der Waals surface area contributed by atoms with E-state index < -0.39 is 0 Å². The molecule has 0 fully saturated rings. The van der Waals surface area contributed by atoms with Crippen LogP contribution in [0.3, 0.4) is 0 Å². The zero-order chi connectivity index (χ0) is 13.2. The highest BCUT2D eigenvalue weighted by Crippen LogP contribution is 2.41. The number of benzene rings is 2. The Hall–Kier alpha value is -1.82. The van der Waals surface area contributed by atoms with Gasteiger partial charge in [0.2, 0.25) is 0 Å². The molecule has 0 heteroatoms. The molecule has 2 aromatic rings. The lowest BCUT2D eigenvalue weighted by atomic mass is 9.97. The molecule has 0 amide bonds. The van der Waals surface area contributed by atoms with Gasteiger partial charge >= 0.3 is 0 Å². The minimum absolute atomic E-state index is 1.15. The van der Waals surface area contributed by atoms with E-state index in [1.165, 1.54) is 39.8 Å². The molecule has 2 aromatic carbocycles. The predicted octanol–water partition coefficient (Wildman–Crippen LogP) is 5.27. The van der Waals surface area contributed by atoms with Crippen LogP contribution in [-0.4, -0.2) is 0 Å². The van der Waals surface area contributed by atoms with Crippen molar-refractivity contribution < 1.29 is 0 Å². The SMILES string of the molecule is CCCC1=C(c2ccc(C)cc2)[CH]c2ccccc21. The first kappa shape index (κ1) is 12.2. The molecule has 0 aliphatic heterocycles. The van der Waals surface area contributed by atoms with Crippen LogP contribution in [0.4, 0.5) is 0 Å². The fraction of sp³-hybridized carbons (Fsp3) is 0.211. The molecule has 95 valence electrons.